The van der Waals surface area contributed by atoms with E-state index in [1.165, 1.54) is 38.1 Å². The lowest BCUT2D eigenvalue weighted by Gasteiger charge is -2.14. The molecule has 0 heterocycles. The van der Waals surface area contributed by atoms with Crippen molar-refractivity contribution in [3.8, 4) is 0 Å². The molecule has 2 rings (SSSR count). The molecule has 1 atom stereocenters. The molecule has 9 heteroatoms. The molecule has 0 saturated heterocycles. The summed E-state index contributed by atoms with van der Waals surface area (Å²) in [6.07, 6.45) is -1.33. The molecular weight excluding hydrogens is 365 g/mol. The third-order valence-corrected chi connectivity index (χ3v) is 3.39. The van der Waals surface area contributed by atoms with Crippen molar-refractivity contribution >= 4 is 29.2 Å². The number of esters is 1. The molecule has 27 heavy (non-hydrogen) atoms. The monoisotopic (exact) mass is 380 g/mol. The Morgan fingerprint density at radius 1 is 0.926 bits per heavy atom. The van der Waals surface area contributed by atoms with Crippen LogP contribution in [0.15, 0.2) is 36.4 Å². The first-order chi connectivity index (χ1) is 12.7. The van der Waals surface area contributed by atoms with Gasteiger partial charge >= 0.3 is 5.97 Å². The topological polar surface area (TPSA) is 84.5 Å². The Morgan fingerprint density at radius 2 is 1.56 bits per heavy atom. The number of nitrogens with one attached hydrogen (secondary N) is 2. The second-order valence-electron chi connectivity index (χ2n) is 5.52. The molecule has 2 amide bonds. The van der Waals surface area contributed by atoms with Crippen molar-refractivity contribution in [2.45, 2.75) is 20.0 Å². The molecule has 0 aromatic heterocycles. The number of benzene rings is 2. The largest absolute Gasteiger partial charge is 0.449 e. The highest BCUT2D eigenvalue weighted by Crippen LogP contribution is 2.20. The van der Waals surface area contributed by atoms with Gasteiger partial charge in [-0.2, -0.15) is 0 Å². The first-order valence-corrected chi connectivity index (χ1v) is 7.72. The Balaban J connectivity index is 2.00. The lowest BCUT2D eigenvalue weighted by atomic mass is 10.2. The summed E-state index contributed by atoms with van der Waals surface area (Å²) in [6, 6.07) is 7.21. The smallest absolute Gasteiger partial charge is 0.338 e. The van der Waals surface area contributed by atoms with Crippen LogP contribution in [0, 0.1) is 17.5 Å². The van der Waals surface area contributed by atoms with Crippen LogP contribution in [-0.2, 0) is 14.3 Å². The number of amides is 2. The molecule has 2 aromatic carbocycles. The van der Waals surface area contributed by atoms with Gasteiger partial charge in [0, 0.05) is 12.6 Å². The van der Waals surface area contributed by atoms with Crippen LogP contribution in [-0.4, -0.2) is 23.9 Å². The fourth-order valence-corrected chi connectivity index (χ4v) is 2.03. The van der Waals surface area contributed by atoms with Crippen molar-refractivity contribution < 1.29 is 32.3 Å². The van der Waals surface area contributed by atoms with Crippen LogP contribution < -0.4 is 10.6 Å². The zero-order chi connectivity index (χ0) is 20.1. The molecule has 0 unspecified atom stereocenters. The van der Waals surface area contributed by atoms with Crippen LogP contribution in [0.5, 0.6) is 0 Å². The SMILES string of the molecule is CC(=O)Nc1ccc(C(=O)O[C@@H](C)C(=O)Nc2ccc(F)c(F)c2F)cc1. The normalized spacial score (nSPS) is 11.4. The van der Waals surface area contributed by atoms with Gasteiger partial charge in [-0.25, -0.2) is 18.0 Å². The second kappa shape index (κ2) is 8.35. The number of carbonyl (C=O) groups excluding carboxylic acids is 3. The zero-order valence-corrected chi connectivity index (χ0v) is 14.3. The average molecular weight is 380 g/mol. The van der Waals surface area contributed by atoms with Gasteiger partial charge in [-0.1, -0.05) is 0 Å². The van der Waals surface area contributed by atoms with E-state index in [2.05, 4.69) is 5.32 Å². The summed E-state index contributed by atoms with van der Waals surface area (Å²) < 4.78 is 44.6. The number of anilines is 2. The molecule has 0 saturated carbocycles. The molecule has 0 spiro atoms. The summed E-state index contributed by atoms with van der Waals surface area (Å²) in [5.41, 5.74) is 0.00266. The molecule has 0 aliphatic rings. The highest BCUT2D eigenvalue weighted by molar-refractivity contribution is 5.97. The van der Waals surface area contributed by atoms with E-state index in [4.69, 9.17) is 4.74 Å². The zero-order valence-electron chi connectivity index (χ0n) is 14.3. The lowest BCUT2D eigenvalue weighted by molar-refractivity contribution is -0.123. The summed E-state index contributed by atoms with van der Waals surface area (Å²) in [4.78, 5) is 35.0. The van der Waals surface area contributed by atoms with E-state index in [0.29, 0.717) is 11.8 Å². The Morgan fingerprint density at radius 3 is 2.15 bits per heavy atom. The van der Waals surface area contributed by atoms with E-state index in [-0.39, 0.29) is 11.5 Å². The van der Waals surface area contributed by atoms with Crippen LogP contribution in [0.1, 0.15) is 24.2 Å². The number of hydrogen-bond acceptors (Lipinski definition) is 4. The predicted octanol–water partition coefficient (Wildman–Crippen LogP) is 3.25. The highest BCUT2D eigenvalue weighted by atomic mass is 19.2. The van der Waals surface area contributed by atoms with Gasteiger partial charge in [0.15, 0.2) is 23.6 Å². The molecule has 2 aromatic rings. The molecule has 0 aliphatic carbocycles. The quantitative estimate of drug-likeness (QED) is 0.616. The molecule has 6 nitrogen and oxygen atoms in total. The summed E-state index contributed by atoms with van der Waals surface area (Å²) in [7, 11) is 0. The van der Waals surface area contributed by atoms with Gasteiger partial charge < -0.3 is 15.4 Å². The van der Waals surface area contributed by atoms with Crippen molar-refractivity contribution in [2.24, 2.45) is 0 Å². The first-order valence-electron chi connectivity index (χ1n) is 7.72. The third kappa shape index (κ3) is 5.06. The average Bonchev–Trinajstić information content (AvgIpc) is 2.62. The molecule has 0 bridgehead atoms. The second-order valence-corrected chi connectivity index (χ2v) is 5.52. The molecule has 0 radical (unpaired) electrons. The van der Waals surface area contributed by atoms with Gasteiger partial charge in [0.25, 0.3) is 5.91 Å². The summed E-state index contributed by atoms with van der Waals surface area (Å²) in [5.74, 6) is -6.72. The van der Waals surface area contributed by atoms with Gasteiger partial charge in [-0.15, -0.1) is 0 Å². The van der Waals surface area contributed by atoms with E-state index in [1.807, 2.05) is 5.32 Å². The van der Waals surface area contributed by atoms with Gasteiger partial charge in [-0.3, -0.25) is 9.59 Å². The minimum Gasteiger partial charge on any atom is -0.449 e. The fraction of sp³-hybridized carbons (Fsp3) is 0.167. The maximum Gasteiger partial charge on any atom is 0.338 e. The maximum atomic E-state index is 13.6. The standard InChI is InChI=1S/C18H15F3N2O4/c1-9(17(25)23-14-8-7-13(19)15(20)16(14)21)27-18(26)11-3-5-12(6-4-11)22-10(2)24/h3-9H,1-2H3,(H,22,24)(H,23,25)/t9-/m0/s1. The van der Waals surface area contributed by atoms with Crippen molar-refractivity contribution in [3.05, 3.63) is 59.4 Å². The minimum absolute atomic E-state index is 0.114. The Kier molecular flexibility index (Phi) is 6.17. The van der Waals surface area contributed by atoms with Crippen molar-refractivity contribution in [1.82, 2.24) is 0 Å². The Hall–Kier alpha value is -3.36. The van der Waals surface area contributed by atoms with E-state index in [9.17, 15) is 27.6 Å². The van der Waals surface area contributed by atoms with E-state index < -0.39 is 41.1 Å². The third-order valence-electron chi connectivity index (χ3n) is 3.39. The number of hydrogen-bond donors (Lipinski definition) is 2. The van der Waals surface area contributed by atoms with E-state index in [0.717, 1.165) is 6.07 Å². The summed E-state index contributed by atoms with van der Waals surface area (Å²) in [6.45, 7) is 2.56. The minimum atomic E-state index is -1.73. The van der Waals surface area contributed by atoms with E-state index >= 15 is 0 Å². The van der Waals surface area contributed by atoms with Gasteiger partial charge in [0.2, 0.25) is 5.91 Å². The first kappa shape index (κ1) is 20.0. The van der Waals surface area contributed by atoms with Gasteiger partial charge in [0.1, 0.15) is 0 Å². The number of rotatable bonds is 5. The molecule has 0 aliphatic heterocycles. The van der Waals surface area contributed by atoms with Gasteiger partial charge in [-0.05, 0) is 43.3 Å². The molecule has 142 valence electrons. The van der Waals surface area contributed by atoms with Crippen molar-refractivity contribution in [1.29, 1.82) is 0 Å². The number of halogens is 3. The van der Waals surface area contributed by atoms with Crippen LogP contribution >= 0.6 is 0 Å². The molecule has 0 fully saturated rings. The van der Waals surface area contributed by atoms with Crippen molar-refractivity contribution in [3.63, 3.8) is 0 Å². The Bertz CT molecular complexity index is 885. The van der Waals surface area contributed by atoms with Gasteiger partial charge in [0.05, 0.1) is 11.3 Å². The van der Waals surface area contributed by atoms with Crippen LogP contribution in [0.2, 0.25) is 0 Å². The van der Waals surface area contributed by atoms with E-state index in [1.54, 1.807) is 0 Å². The summed E-state index contributed by atoms with van der Waals surface area (Å²) >= 11 is 0. The summed E-state index contributed by atoms with van der Waals surface area (Å²) in [5, 5.41) is 4.54. The maximum absolute atomic E-state index is 13.6. The van der Waals surface area contributed by atoms with Crippen LogP contribution in [0.3, 0.4) is 0 Å². The van der Waals surface area contributed by atoms with Crippen LogP contribution in [0.25, 0.3) is 0 Å². The number of carbonyl (C=O) groups is 3. The molecular formula is C18H15F3N2O4. The Labute approximate surface area is 152 Å². The van der Waals surface area contributed by atoms with Crippen LogP contribution in [0.4, 0.5) is 24.5 Å². The highest BCUT2D eigenvalue weighted by Gasteiger charge is 2.22. The lowest BCUT2D eigenvalue weighted by Crippen LogP contribution is -2.30. The fourth-order valence-electron chi connectivity index (χ4n) is 2.03. The predicted molar refractivity (Wildman–Crippen MR) is 90.6 cm³/mol. The number of ether oxygens (including phenoxy) is 1. The molecule has 2 N–H and O–H groups in total. The van der Waals surface area contributed by atoms with Crippen molar-refractivity contribution in [2.75, 3.05) is 10.6 Å².